The van der Waals surface area contributed by atoms with E-state index in [0.717, 1.165) is 41.1 Å². The summed E-state index contributed by atoms with van der Waals surface area (Å²) in [5, 5.41) is 8.51. The van der Waals surface area contributed by atoms with Crippen LogP contribution in [0, 0.1) is 0 Å². The fraction of sp³-hybridized carbons (Fsp3) is 0.333. The summed E-state index contributed by atoms with van der Waals surface area (Å²) in [7, 11) is 0. The Morgan fingerprint density at radius 3 is 3.06 bits per heavy atom. The highest BCUT2D eigenvalue weighted by molar-refractivity contribution is 9.10. The van der Waals surface area contributed by atoms with E-state index in [2.05, 4.69) is 42.8 Å². The van der Waals surface area contributed by atoms with E-state index in [1.807, 2.05) is 12.1 Å². The lowest BCUT2D eigenvalue weighted by Crippen LogP contribution is -2.31. The number of nitrogens with two attached hydrogens (primary N) is 1. The maximum absolute atomic E-state index is 5.93. The van der Waals surface area contributed by atoms with Crippen molar-refractivity contribution in [1.82, 2.24) is 14.8 Å². The first-order valence-electron chi connectivity index (χ1n) is 5.67. The number of halogens is 1. The standard InChI is InChI=1S/C12H13BrN4/c13-9-3-1-2-8(6-9)12-16-15-11-7-10(14)4-5-17(11)12/h1-3,6,10H,4-5,7,14H2. The summed E-state index contributed by atoms with van der Waals surface area (Å²) in [4.78, 5) is 0. The molecule has 0 bridgehead atoms. The molecule has 88 valence electrons. The van der Waals surface area contributed by atoms with Gasteiger partial charge >= 0.3 is 0 Å². The number of aromatic nitrogens is 3. The van der Waals surface area contributed by atoms with E-state index >= 15 is 0 Å². The van der Waals surface area contributed by atoms with Gasteiger partial charge in [0.2, 0.25) is 0 Å². The van der Waals surface area contributed by atoms with Gasteiger partial charge in [0, 0.05) is 29.0 Å². The normalized spacial score (nSPS) is 19.1. The van der Waals surface area contributed by atoms with Gasteiger partial charge in [0.25, 0.3) is 0 Å². The first-order valence-corrected chi connectivity index (χ1v) is 6.47. The van der Waals surface area contributed by atoms with Gasteiger partial charge in [0.05, 0.1) is 0 Å². The molecule has 0 fully saturated rings. The van der Waals surface area contributed by atoms with Crippen molar-refractivity contribution in [3.63, 3.8) is 0 Å². The van der Waals surface area contributed by atoms with E-state index in [0.29, 0.717) is 0 Å². The second-order valence-electron chi connectivity index (χ2n) is 4.35. The van der Waals surface area contributed by atoms with Crippen molar-refractivity contribution in [1.29, 1.82) is 0 Å². The molecule has 17 heavy (non-hydrogen) atoms. The van der Waals surface area contributed by atoms with E-state index in [1.165, 1.54) is 0 Å². The molecule has 0 spiro atoms. The molecule has 0 saturated carbocycles. The molecule has 1 aliphatic rings. The lowest BCUT2D eigenvalue weighted by atomic mass is 10.1. The van der Waals surface area contributed by atoms with Crippen molar-refractivity contribution in [3.8, 4) is 11.4 Å². The number of nitrogens with zero attached hydrogens (tertiary/aromatic N) is 3. The molecule has 2 aromatic rings. The van der Waals surface area contributed by atoms with Gasteiger partial charge in [-0.1, -0.05) is 28.1 Å². The zero-order valence-corrected chi connectivity index (χ0v) is 10.9. The molecule has 1 aromatic heterocycles. The first-order chi connectivity index (χ1) is 8.24. The topological polar surface area (TPSA) is 56.7 Å². The number of fused-ring (bicyclic) bond motifs is 1. The Bertz CT molecular complexity index is 549. The van der Waals surface area contributed by atoms with Crippen molar-refractivity contribution < 1.29 is 0 Å². The minimum absolute atomic E-state index is 0.224. The van der Waals surface area contributed by atoms with Crippen molar-refractivity contribution in [2.75, 3.05) is 0 Å². The predicted octanol–water partition coefficient (Wildman–Crippen LogP) is 1.98. The highest BCUT2D eigenvalue weighted by Crippen LogP contribution is 2.24. The summed E-state index contributed by atoms with van der Waals surface area (Å²) < 4.78 is 3.23. The third-order valence-electron chi connectivity index (χ3n) is 3.08. The maximum atomic E-state index is 5.93. The second kappa shape index (κ2) is 4.23. The average Bonchev–Trinajstić information content (AvgIpc) is 2.71. The van der Waals surface area contributed by atoms with Crippen LogP contribution in [0.5, 0.6) is 0 Å². The average molecular weight is 293 g/mol. The van der Waals surface area contributed by atoms with Crippen LogP contribution < -0.4 is 5.73 Å². The van der Waals surface area contributed by atoms with Crippen molar-refractivity contribution in [3.05, 3.63) is 34.6 Å². The molecule has 5 heteroatoms. The Morgan fingerprint density at radius 1 is 1.35 bits per heavy atom. The van der Waals surface area contributed by atoms with Crippen molar-refractivity contribution in [2.45, 2.75) is 25.4 Å². The molecule has 4 nitrogen and oxygen atoms in total. The van der Waals surface area contributed by atoms with Gasteiger partial charge in [0.15, 0.2) is 5.82 Å². The molecule has 3 rings (SSSR count). The summed E-state index contributed by atoms with van der Waals surface area (Å²) in [6.45, 7) is 0.908. The van der Waals surface area contributed by atoms with Gasteiger partial charge in [-0.25, -0.2) is 0 Å². The van der Waals surface area contributed by atoms with Crippen LogP contribution in [-0.2, 0) is 13.0 Å². The molecule has 0 radical (unpaired) electrons. The van der Waals surface area contributed by atoms with Gasteiger partial charge in [0.1, 0.15) is 5.82 Å². The molecule has 1 aliphatic heterocycles. The maximum Gasteiger partial charge on any atom is 0.163 e. The number of benzene rings is 1. The van der Waals surface area contributed by atoms with E-state index < -0.39 is 0 Å². The Morgan fingerprint density at radius 2 is 2.24 bits per heavy atom. The fourth-order valence-electron chi connectivity index (χ4n) is 2.19. The van der Waals surface area contributed by atoms with Gasteiger partial charge in [-0.15, -0.1) is 10.2 Å². The summed E-state index contributed by atoms with van der Waals surface area (Å²) >= 11 is 3.48. The Labute approximate surface area is 108 Å². The largest absolute Gasteiger partial charge is 0.327 e. The lowest BCUT2D eigenvalue weighted by molar-refractivity contribution is 0.466. The van der Waals surface area contributed by atoms with Gasteiger partial charge in [-0.2, -0.15) is 0 Å². The van der Waals surface area contributed by atoms with Crippen molar-refractivity contribution >= 4 is 15.9 Å². The highest BCUT2D eigenvalue weighted by Gasteiger charge is 2.21. The fourth-order valence-corrected chi connectivity index (χ4v) is 2.59. The lowest BCUT2D eigenvalue weighted by Gasteiger charge is -2.20. The van der Waals surface area contributed by atoms with Gasteiger partial charge in [-0.3, -0.25) is 0 Å². The Balaban J connectivity index is 2.05. The van der Waals surface area contributed by atoms with E-state index in [1.54, 1.807) is 0 Å². The molecule has 0 saturated heterocycles. The van der Waals surface area contributed by atoms with Crippen LogP contribution in [0.1, 0.15) is 12.2 Å². The van der Waals surface area contributed by atoms with Gasteiger partial charge < -0.3 is 10.3 Å². The van der Waals surface area contributed by atoms with E-state index in [-0.39, 0.29) is 6.04 Å². The molecule has 2 N–H and O–H groups in total. The third-order valence-corrected chi connectivity index (χ3v) is 3.57. The molecule has 0 amide bonds. The predicted molar refractivity (Wildman–Crippen MR) is 69.5 cm³/mol. The van der Waals surface area contributed by atoms with E-state index in [9.17, 15) is 0 Å². The SMILES string of the molecule is NC1CCn2c(nnc2-c2cccc(Br)c2)C1. The molecule has 1 aromatic carbocycles. The van der Waals surface area contributed by atoms with E-state index in [4.69, 9.17) is 5.73 Å². The summed E-state index contributed by atoms with van der Waals surface area (Å²) in [6, 6.07) is 8.35. The minimum atomic E-state index is 0.224. The second-order valence-corrected chi connectivity index (χ2v) is 5.27. The Hall–Kier alpha value is -1.20. The molecular weight excluding hydrogens is 280 g/mol. The minimum Gasteiger partial charge on any atom is -0.327 e. The van der Waals surface area contributed by atoms with Crippen LogP contribution in [0.3, 0.4) is 0 Å². The van der Waals surface area contributed by atoms with Crippen LogP contribution in [-0.4, -0.2) is 20.8 Å². The van der Waals surface area contributed by atoms with Crippen LogP contribution in [0.25, 0.3) is 11.4 Å². The summed E-state index contributed by atoms with van der Waals surface area (Å²) in [5.41, 5.74) is 7.02. The molecule has 2 heterocycles. The monoisotopic (exact) mass is 292 g/mol. The third kappa shape index (κ3) is 2.00. The molecule has 1 unspecified atom stereocenters. The zero-order valence-electron chi connectivity index (χ0n) is 9.31. The quantitative estimate of drug-likeness (QED) is 0.874. The van der Waals surface area contributed by atoms with Crippen LogP contribution in [0.4, 0.5) is 0 Å². The first kappa shape index (κ1) is 10.9. The van der Waals surface area contributed by atoms with Crippen LogP contribution in [0.15, 0.2) is 28.7 Å². The molecule has 1 atom stereocenters. The number of hydrogen-bond acceptors (Lipinski definition) is 3. The van der Waals surface area contributed by atoms with Crippen LogP contribution in [0.2, 0.25) is 0 Å². The number of rotatable bonds is 1. The van der Waals surface area contributed by atoms with Crippen LogP contribution >= 0.6 is 15.9 Å². The molecular formula is C12H13BrN4. The van der Waals surface area contributed by atoms with Crippen molar-refractivity contribution in [2.24, 2.45) is 5.73 Å². The number of hydrogen-bond donors (Lipinski definition) is 1. The smallest absolute Gasteiger partial charge is 0.163 e. The zero-order chi connectivity index (χ0) is 11.8. The highest BCUT2D eigenvalue weighted by atomic mass is 79.9. The summed E-state index contributed by atoms with van der Waals surface area (Å²) in [5.74, 6) is 1.94. The summed E-state index contributed by atoms with van der Waals surface area (Å²) in [6.07, 6.45) is 1.81. The van der Waals surface area contributed by atoms with Gasteiger partial charge in [-0.05, 0) is 18.6 Å². The molecule has 0 aliphatic carbocycles. The Kier molecular flexibility index (Phi) is 2.72.